The SMILES string of the molecule is Cc1ccc(S(=O)(=O)N(CC(=O)N(Cc2ccc(Cl)c(Cl)c2)[C@@H](Cc2ccccc2)C(=O)NCC(C)C)c2ccc(C)c(Cl)c2)cc1. The summed E-state index contributed by atoms with van der Waals surface area (Å²) in [5, 5.41) is 3.96. The second-order valence-corrected chi connectivity index (χ2v) is 15.0. The Labute approximate surface area is 292 Å². The Morgan fingerprint density at radius 1 is 0.787 bits per heavy atom. The molecule has 0 fully saturated rings. The first-order valence-corrected chi connectivity index (χ1v) is 17.7. The number of sulfonamides is 1. The molecule has 0 aromatic heterocycles. The highest BCUT2D eigenvalue weighted by molar-refractivity contribution is 7.92. The Bertz CT molecular complexity index is 1820. The summed E-state index contributed by atoms with van der Waals surface area (Å²) in [5.41, 5.74) is 3.30. The van der Waals surface area contributed by atoms with E-state index >= 15 is 0 Å². The average molecular weight is 715 g/mol. The van der Waals surface area contributed by atoms with Crippen LogP contribution in [-0.2, 0) is 32.6 Å². The van der Waals surface area contributed by atoms with E-state index < -0.39 is 28.5 Å². The monoisotopic (exact) mass is 713 g/mol. The second kappa shape index (κ2) is 16.0. The van der Waals surface area contributed by atoms with Gasteiger partial charge in [-0.05, 0) is 72.9 Å². The molecular formula is C36H38Cl3N3O4S. The van der Waals surface area contributed by atoms with E-state index in [-0.39, 0.29) is 35.4 Å². The summed E-state index contributed by atoms with van der Waals surface area (Å²) in [6.45, 7) is 7.38. The van der Waals surface area contributed by atoms with Crippen LogP contribution in [0.15, 0.2) is 95.9 Å². The van der Waals surface area contributed by atoms with Crippen LogP contribution in [0.5, 0.6) is 0 Å². The molecule has 0 heterocycles. The molecule has 7 nitrogen and oxygen atoms in total. The molecule has 0 unspecified atom stereocenters. The van der Waals surface area contributed by atoms with Gasteiger partial charge in [0.05, 0.1) is 20.6 Å². The number of nitrogens with zero attached hydrogens (tertiary/aromatic N) is 2. The molecule has 47 heavy (non-hydrogen) atoms. The average Bonchev–Trinajstić information content (AvgIpc) is 3.04. The Morgan fingerprint density at radius 3 is 2.09 bits per heavy atom. The van der Waals surface area contributed by atoms with Gasteiger partial charge in [-0.3, -0.25) is 13.9 Å². The lowest BCUT2D eigenvalue weighted by Crippen LogP contribution is -2.53. The predicted octanol–water partition coefficient (Wildman–Crippen LogP) is 7.87. The number of hydrogen-bond donors (Lipinski definition) is 1. The molecule has 0 radical (unpaired) electrons. The van der Waals surface area contributed by atoms with Crippen LogP contribution in [0.4, 0.5) is 5.69 Å². The van der Waals surface area contributed by atoms with Crippen LogP contribution in [0, 0.1) is 19.8 Å². The van der Waals surface area contributed by atoms with Crippen molar-refractivity contribution in [1.82, 2.24) is 10.2 Å². The molecule has 11 heteroatoms. The predicted molar refractivity (Wildman–Crippen MR) is 191 cm³/mol. The fourth-order valence-corrected chi connectivity index (χ4v) is 6.82. The third kappa shape index (κ3) is 9.51. The largest absolute Gasteiger partial charge is 0.354 e. The highest BCUT2D eigenvalue weighted by atomic mass is 35.5. The Morgan fingerprint density at radius 2 is 1.47 bits per heavy atom. The maximum atomic E-state index is 14.6. The lowest BCUT2D eigenvalue weighted by atomic mass is 10.0. The van der Waals surface area contributed by atoms with Crippen molar-refractivity contribution in [3.63, 3.8) is 0 Å². The third-order valence-electron chi connectivity index (χ3n) is 7.62. The molecule has 0 aliphatic rings. The summed E-state index contributed by atoms with van der Waals surface area (Å²) in [4.78, 5) is 29.9. The lowest BCUT2D eigenvalue weighted by molar-refractivity contribution is -0.140. The number of rotatable bonds is 13. The summed E-state index contributed by atoms with van der Waals surface area (Å²) in [6, 6.07) is 24.6. The van der Waals surface area contributed by atoms with Gasteiger partial charge < -0.3 is 10.2 Å². The molecule has 4 rings (SSSR count). The third-order valence-corrected chi connectivity index (χ3v) is 10.6. The quantitative estimate of drug-likeness (QED) is 0.153. The maximum absolute atomic E-state index is 14.6. The number of halogens is 3. The normalized spacial score (nSPS) is 12.1. The van der Waals surface area contributed by atoms with Crippen molar-refractivity contribution in [3.8, 4) is 0 Å². The molecule has 0 aliphatic heterocycles. The summed E-state index contributed by atoms with van der Waals surface area (Å²) in [7, 11) is -4.25. The molecule has 2 amide bonds. The van der Waals surface area contributed by atoms with Gasteiger partial charge in [-0.1, -0.05) is 109 Å². The van der Waals surface area contributed by atoms with Crippen LogP contribution < -0.4 is 9.62 Å². The van der Waals surface area contributed by atoms with Gasteiger partial charge in [0.1, 0.15) is 12.6 Å². The second-order valence-electron chi connectivity index (χ2n) is 11.9. The van der Waals surface area contributed by atoms with Crippen LogP contribution in [0.3, 0.4) is 0 Å². The van der Waals surface area contributed by atoms with E-state index in [9.17, 15) is 18.0 Å². The van der Waals surface area contributed by atoms with Crippen molar-refractivity contribution >= 4 is 62.3 Å². The van der Waals surface area contributed by atoms with Gasteiger partial charge in [0.15, 0.2) is 0 Å². The van der Waals surface area contributed by atoms with Gasteiger partial charge in [0, 0.05) is 24.5 Å². The standard InChI is InChI=1S/C36H38Cl3N3O4S/c1-24(2)21-40-36(44)34(19-27-8-6-5-7-9-27)41(22-28-13-17-31(37)33(39)18-28)35(43)23-42(29-14-12-26(4)32(38)20-29)47(45,46)30-15-10-25(3)11-16-30/h5-18,20,24,34H,19,21-23H2,1-4H3,(H,40,44)/t34-/m0/s1. The molecule has 0 saturated carbocycles. The minimum Gasteiger partial charge on any atom is -0.354 e. The number of aryl methyl sites for hydroxylation is 2. The number of hydrogen-bond acceptors (Lipinski definition) is 4. The summed E-state index contributed by atoms with van der Waals surface area (Å²) < 4.78 is 29.5. The van der Waals surface area contributed by atoms with E-state index in [2.05, 4.69) is 5.32 Å². The first kappa shape index (κ1) is 36.3. The Balaban J connectivity index is 1.83. The molecule has 0 aliphatic carbocycles. The van der Waals surface area contributed by atoms with Crippen LogP contribution in [0.1, 0.15) is 36.1 Å². The number of amides is 2. The zero-order chi connectivity index (χ0) is 34.3. The smallest absolute Gasteiger partial charge is 0.264 e. The molecule has 1 atom stereocenters. The van der Waals surface area contributed by atoms with Crippen LogP contribution in [0.25, 0.3) is 0 Å². The van der Waals surface area contributed by atoms with Gasteiger partial charge in [-0.25, -0.2) is 8.42 Å². The molecule has 0 saturated heterocycles. The van der Waals surface area contributed by atoms with Crippen LogP contribution in [0.2, 0.25) is 15.1 Å². The van der Waals surface area contributed by atoms with Gasteiger partial charge in [0.2, 0.25) is 11.8 Å². The van der Waals surface area contributed by atoms with E-state index in [0.29, 0.717) is 27.2 Å². The highest BCUT2D eigenvalue weighted by Crippen LogP contribution is 2.30. The first-order chi connectivity index (χ1) is 22.3. The summed E-state index contributed by atoms with van der Waals surface area (Å²) in [5.74, 6) is -0.789. The van der Waals surface area contributed by atoms with Gasteiger partial charge in [-0.2, -0.15) is 0 Å². The molecule has 0 spiro atoms. The molecule has 248 valence electrons. The molecule has 1 N–H and O–H groups in total. The zero-order valence-corrected chi connectivity index (χ0v) is 29.8. The summed E-state index contributed by atoms with van der Waals surface area (Å²) >= 11 is 19.0. The Kier molecular flexibility index (Phi) is 12.4. The maximum Gasteiger partial charge on any atom is 0.264 e. The van der Waals surface area contributed by atoms with E-state index in [1.165, 1.54) is 23.1 Å². The number of benzene rings is 4. The lowest BCUT2D eigenvalue weighted by Gasteiger charge is -2.34. The fraction of sp³-hybridized carbons (Fsp3) is 0.278. The van der Waals surface area contributed by atoms with Crippen LogP contribution in [-0.4, -0.2) is 44.3 Å². The minimum absolute atomic E-state index is 0.0131. The van der Waals surface area contributed by atoms with Crippen molar-refractivity contribution in [2.75, 3.05) is 17.4 Å². The minimum atomic E-state index is -4.25. The van der Waals surface area contributed by atoms with E-state index in [1.54, 1.807) is 49.4 Å². The zero-order valence-electron chi connectivity index (χ0n) is 26.7. The van der Waals surface area contributed by atoms with E-state index in [0.717, 1.165) is 21.0 Å². The van der Waals surface area contributed by atoms with Gasteiger partial charge >= 0.3 is 0 Å². The fourth-order valence-electron chi connectivity index (χ4n) is 4.91. The number of carbonyl (C=O) groups is 2. The highest BCUT2D eigenvalue weighted by Gasteiger charge is 2.35. The van der Waals surface area contributed by atoms with E-state index in [1.807, 2.05) is 51.1 Å². The Hall–Kier alpha value is -3.56. The van der Waals surface area contributed by atoms with Crippen molar-refractivity contribution in [1.29, 1.82) is 0 Å². The molecule has 4 aromatic rings. The van der Waals surface area contributed by atoms with Crippen LogP contribution >= 0.6 is 34.8 Å². The van der Waals surface area contributed by atoms with E-state index in [4.69, 9.17) is 34.8 Å². The molecular weight excluding hydrogens is 677 g/mol. The number of carbonyl (C=O) groups excluding carboxylic acids is 2. The number of nitrogens with one attached hydrogen (secondary N) is 1. The first-order valence-electron chi connectivity index (χ1n) is 15.2. The van der Waals surface area contributed by atoms with Gasteiger partial charge in [-0.15, -0.1) is 0 Å². The van der Waals surface area contributed by atoms with Crippen molar-refractivity contribution in [2.24, 2.45) is 5.92 Å². The van der Waals surface area contributed by atoms with Crippen molar-refractivity contribution in [3.05, 3.63) is 128 Å². The number of anilines is 1. The van der Waals surface area contributed by atoms with Crippen molar-refractivity contribution < 1.29 is 18.0 Å². The topological polar surface area (TPSA) is 86.8 Å². The summed E-state index contributed by atoms with van der Waals surface area (Å²) in [6.07, 6.45) is 0.193. The van der Waals surface area contributed by atoms with Gasteiger partial charge in [0.25, 0.3) is 10.0 Å². The molecule has 0 bridgehead atoms. The molecule has 4 aromatic carbocycles. The van der Waals surface area contributed by atoms with Crippen molar-refractivity contribution in [2.45, 2.75) is 51.6 Å².